The van der Waals surface area contributed by atoms with E-state index in [-0.39, 0.29) is 0 Å². The van der Waals surface area contributed by atoms with E-state index in [1.165, 1.54) is 24.1 Å². The number of alkyl halides is 1. The maximum Gasteiger partial charge on any atom is 0.0467 e. The van der Waals surface area contributed by atoms with Gasteiger partial charge in [0.25, 0.3) is 0 Å². The van der Waals surface area contributed by atoms with Gasteiger partial charge in [0.1, 0.15) is 0 Å². The maximum absolute atomic E-state index is 6.21. The van der Waals surface area contributed by atoms with E-state index in [2.05, 4.69) is 40.7 Å². The molecule has 1 aromatic carbocycles. The summed E-state index contributed by atoms with van der Waals surface area (Å²) in [5.41, 5.74) is 2.46. The highest BCUT2D eigenvalue weighted by molar-refractivity contribution is 9.08. The van der Waals surface area contributed by atoms with Gasteiger partial charge in [0.05, 0.1) is 0 Å². The summed E-state index contributed by atoms with van der Waals surface area (Å²) in [6.07, 6.45) is 2.45. The van der Waals surface area contributed by atoms with Gasteiger partial charge in [-0.15, -0.1) is 0 Å². The maximum atomic E-state index is 6.21. The van der Waals surface area contributed by atoms with Crippen molar-refractivity contribution in [2.24, 2.45) is 0 Å². The first kappa shape index (κ1) is 13.9. The Bertz CT molecular complexity index is 328. The highest BCUT2D eigenvalue weighted by atomic mass is 79.9. The van der Waals surface area contributed by atoms with Crippen LogP contribution in [0.25, 0.3) is 0 Å². The Labute approximate surface area is 112 Å². The Hall–Kier alpha value is -0.210. The van der Waals surface area contributed by atoms with Crippen LogP contribution in [-0.2, 0) is 5.33 Å². The van der Waals surface area contributed by atoms with Crippen molar-refractivity contribution in [1.82, 2.24) is 0 Å². The van der Waals surface area contributed by atoms with Gasteiger partial charge in [-0.2, -0.15) is 0 Å². The molecule has 3 heteroatoms. The average molecular weight is 305 g/mol. The molecule has 0 unspecified atom stereocenters. The van der Waals surface area contributed by atoms with Crippen molar-refractivity contribution in [2.75, 3.05) is 18.0 Å². The minimum absolute atomic E-state index is 0.810. The van der Waals surface area contributed by atoms with E-state index >= 15 is 0 Å². The van der Waals surface area contributed by atoms with E-state index in [0.717, 1.165) is 23.4 Å². The largest absolute Gasteiger partial charge is 0.372 e. The molecule has 0 aliphatic carbocycles. The molecule has 1 aromatic rings. The van der Waals surface area contributed by atoms with Crippen molar-refractivity contribution in [3.63, 3.8) is 0 Å². The smallest absolute Gasteiger partial charge is 0.0467 e. The molecule has 0 heterocycles. The molecule has 90 valence electrons. The highest BCUT2D eigenvalue weighted by Crippen LogP contribution is 2.29. The number of benzene rings is 1. The Balaban J connectivity index is 2.94. The van der Waals surface area contributed by atoms with Crippen molar-refractivity contribution >= 4 is 33.2 Å². The lowest BCUT2D eigenvalue weighted by Gasteiger charge is -2.25. The number of halogens is 2. The Kier molecular flexibility index (Phi) is 6.22. The third kappa shape index (κ3) is 3.39. The molecular weight excluding hydrogens is 286 g/mol. The summed E-state index contributed by atoms with van der Waals surface area (Å²) in [7, 11) is 0. The predicted molar refractivity (Wildman–Crippen MR) is 76.9 cm³/mol. The molecule has 0 radical (unpaired) electrons. The first-order valence-corrected chi connectivity index (χ1v) is 7.32. The second-order valence-corrected chi connectivity index (χ2v) is 4.77. The van der Waals surface area contributed by atoms with Crippen LogP contribution in [0.2, 0.25) is 5.02 Å². The molecule has 0 spiro atoms. The van der Waals surface area contributed by atoms with Crippen LogP contribution < -0.4 is 4.90 Å². The minimum atomic E-state index is 0.810. The molecule has 1 rings (SSSR count). The van der Waals surface area contributed by atoms with Crippen molar-refractivity contribution < 1.29 is 0 Å². The third-order valence-electron chi connectivity index (χ3n) is 2.73. The summed E-state index contributed by atoms with van der Waals surface area (Å²) in [4.78, 5) is 2.39. The summed E-state index contributed by atoms with van der Waals surface area (Å²) in [6.45, 7) is 6.54. The molecule has 16 heavy (non-hydrogen) atoms. The Morgan fingerprint density at radius 3 is 2.62 bits per heavy atom. The zero-order valence-corrected chi connectivity index (χ0v) is 12.3. The highest BCUT2D eigenvalue weighted by Gasteiger charge is 2.11. The van der Waals surface area contributed by atoms with E-state index in [4.69, 9.17) is 11.6 Å². The summed E-state index contributed by atoms with van der Waals surface area (Å²) < 4.78 is 0. The summed E-state index contributed by atoms with van der Waals surface area (Å²) in [5.74, 6) is 0. The topological polar surface area (TPSA) is 3.24 Å². The molecule has 0 aliphatic rings. The first-order chi connectivity index (χ1) is 7.74. The van der Waals surface area contributed by atoms with Gasteiger partial charge in [-0.25, -0.2) is 0 Å². The zero-order valence-electron chi connectivity index (χ0n) is 9.97. The number of hydrogen-bond acceptors (Lipinski definition) is 1. The number of rotatable bonds is 6. The molecule has 0 amide bonds. The third-order valence-corrected chi connectivity index (χ3v) is 3.65. The van der Waals surface area contributed by atoms with E-state index in [0.29, 0.717) is 0 Å². The second kappa shape index (κ2) is 7.18. The van der Waals surface area contributed by atoms with Gasteiger partial charge in [-0.1, -0.05) is 46.9 Å². The molecule has 0 atom stereocenters. The lowest BCUT2D eigenvalue weighted by molar-refractivity contribution is 0.730. The number of nitrogens with zero attached hydrogens (tertiary/aromatic N) is 1. The standard InChI is InChI=1S/C13H19BrClN/c1-3-5-9-16(4-2)13-8-6-7-12(15)11(13)10-14/h6-8H,3-5,9-10H2,1-2H3. The SMILES string of the molecule is CCCCN(CC)c1cccc(Cl)c1CBr. The lowest BCUT2D eigenvalue weighted by Crippen LogP contribution is -2.24. The fourth-order valence-corrected chi connectivity index (χ4v) is 2.76. The van der Waals surface area contributed by atoms with Crippen molar-refractivity contribution in [3.8, 4) is 0 Å². The quantitative estimate of drug-likeness (QED) is 0.678. The van der Waals surface area contributed by atoms with Crippen molar-refractivity contribution in [3.05, 3.63) is 28.8 Å². The molecule has 0 N–H and O–H groups in total. The van der Waals surface area contributed by atoms with Crippen LogP contribution >= 0.6 is 27.5 Å². The van der Waals surface area contributed by atoms with Crippen molar-refractivity contribution in [1.29, 1.82) is 0 Å². The fraction of sp³-hybridized carbons (Fsp3) is 0.538. The van der Waals surface area contributed by atoms with Gasteiger partial charge in [0.15, 0.2) is 0 Å². The summed E-state index contributed by atoms with van der Waals surface area (Å²) >= 11 is 9.72. The van der Waals surface area contributed by atoms with Crippen LogP contribution in [0.3, 0.4) is 0 Å². The minimum Gasteiger partial charge on any atom is -0.372 e. The van der Waals surface area contributed by atoms with Crippen LogP contribution in [0.5, 0.6) is 0 Å². The van der Waals surface area contributed by atoms with E-state index in [1.807, 2.05) is 12.1 Å². The van der Waals surface area contributed by atoms with Crippen molar-refractivity contribution in [2.45, 2.75) is 32.0 Å². The van der Waals surface area contributed by atoms with Gasteiger partial charge < -0.3 is 4.90 Å². The molecule has 0 saturated heterocycles. The molecular formula is C13H19BrClN. The van der Waals surface area contributed by atoms with Gasteiger partial charge >= 0.3 is 0 Å². The number of hydrogen-bond donors (Lipinski definition) is 0. The second-order valence-electron chi connectivity index (χ2n) is 3.80. The van der Waals surface area contributed by atoms with E-state index in [1.54, 1.807) is 0 Å². The fourth-order valence-electron chi connectivity index (χ4n) is 1.77. The summed E-state index contributed by atoms with van der Waals surface area (Å²) in [5, 5.41) is 1.66. The van der Waals surface area contributed by atoms with E-state index in [9.17, 15) is 0 Å². The zero-order chi connectivity index (χ0) is 12.0. The summed E-state index contributed by atoms with van der Waals surface area (Å²) in [6, 6.07) is 6.13. The Morgan fingerprint density at radius 2 is 2.06 bits per heavy atom. The predicted octanol–water partition coefficient (Wildman–Crippen LogP) is 4.86. The molecule has 0 bridgehead atoms. The molecule has 0 saturated carbocycles. The molecule has 1 nitrogen and oxygen atoms in total. The van der Waals surface area contributed by atoms with Gasteiger partial charge in [-0.05, 0) is 25.5 Å². The van der Waals surface area contributed by atoms with Crippen LogP contribution in [-0.4, -0.2) is 13.1 Å². The van der Waals surface area contributed by atoms with Crippen LogP contribution in [0.4, 0.5) is 5.69 Å². The molecule has 0 aliphatic heterocycles. The monoisotopic (exact) mass is 303 g/mol. The molecule has 0 aromatic heterocycles. The van der Waals surface area contributed by atoms with Gasteiger partial charge in [-0.3, -0.25) is 0 Å². The van der Waals surface area contributed by atoms with Crippen LogP contribution in [0, 0.1) is 0 Å². The van der Waals surface area contributed by atoms with Gasteiger partial charge in [0.2, 0.25) is 0 Å². The van der Waals surface area contributed by atoms with Gasteiger partial charge in [0, 0.05) is 34.7 Å². The molecule has 0 fully saturated rings. The average Bonchev–Trinajstić information content (AvgIpc) is 2.30. The normalized spacial score (nSPS) is 10.5. The van der Waals surface area contributed by atoms with E-state index < -0.39 is 0 Å². The number of anilines is 1. The van der Waals surface area contributed by atoms with Crippen LogP contribution in [0.1, 0.15) is 32.3 Å². The Morgan fingerprint density at radius 1 is 1.31 bits per heavy atom. The van der Waals surface area contributed by atoms with Crippen LogP contribution in [0.15, 0.2) is 18.2 Å². The lowest BCUT2D eigenvalue weighted by atomic mass is 10.1. The number of unbranched alkanes of at least 4 members (excludes halogenated alkanes) is 1. The first-order valence-electron chi connectivity index (χ1n) is 5.82.